The van der Waals surface area contributed by atoms with Gasteiger partial charge in [0.15, 0.2) is 5.78 Å². The van der Waals surface area contributed by atoms with E-state index in [0.717, 1.165) is 31.2 Å². The maximum absolute atomic E-state index is 13.5. The number of halogens is 1. The van der Waals surface area contributed by atoms with Gasteiger partial charge in [-0.05, 0) is 56.9 Å². The first-order valence-electron chi connectivity index (χ1n) is 8.70. The van der Waals surface area contributed by atoms with Gasteiger partial charge >= 0.3 is 0 Å². The summed E-state index contributed by atoms with van der Waals surface area (Å²) in [4.78, 5) is 13.0. The van der Waals surface area contributed by atoms with Gasteiger partial charge in [-0.25, -0.2) is 4.39 Å². The molecule has 3 heteroatoms. The summed E-state index contributed by atoms with van der Waals surface area (Å²) < 4.78 is 13.5. The maximum atomic E-state index is 13.5. The monoisotopic (exact) mass is 333 g/mol. The summed E-state index contributed by atoms with van der Waals surface area (Å²) in [7, 11) is 0. The fourth-order valence-corrected chi connectivity index (χ4v) is 3.99. The van der Waals surface area contributed by atoms with Gasteiger partial charge in [0.2, 0.25) is 0 Å². The topological polar surface area (TPSA) is 29.1 Å². The zero-order chi connectivity index (χ0) is 17.5. The van der Waals surface area contributed by atoms with E-state index in [1.165, 1.54) is 17.7 Å². The zero-order valence-electron chi connectivity index (χ0n) is 14.2. The van der Waals surface area contributed by atoms with Crippen molar-refractivity contribution in [1.29, 1.82) is 0 Å². The molecule has 1 N–H and O–H groups in total. The van der Waals surface area contributed by atoms with Crippen LogP contribution in [0.25, 0.3) is 0 Å². The van der Waals surface area contributed by atoms with Gasteiger partial charge in [0.1, 0.15) is 5.82 Å². The van der Waals surface area contributed by atoms with Crippen LogP contribution in [-0.2, 0) is 0 Å². The second kappa shape index (κ2) is 5.82. The van der Waals surface area contributed by atoms with Gasteiger partial charge in [0, 0.05) is 11.1 Å². The number of carbonyl (C=O) groups is 1. The van der Waals surface area contributed by atoms with Crippen LogP contribution in [0.5, 0.6) is 0 Å². The smallest absolute Gasteiger partial charge is 0.182 e. The average Bonchev–Trinajstić information content (AvgIpc) is 3.18. The Hall–Kier alpha value is -2.44. The van der Waals surface area contributed by atoms with Crippen molar-refractivity contribution in [3.63, 3.8) is 0 Å². The van der Waals surface area contributed by atoms with Crippen molar-refractivity contribution < 1.29 is 9.18 Å². The van der Waals surface area contributed by atoms with E-state index in [-0.39, 0.29) is 17.1 Å². The third kappa shape index (κ3) is 2.88. The van der Waals surface area contributed by atoms with Gasteiger partial charge < -0.3 is 0 Å². The standard InChI is InChI=1S/C22H20FNO/c1-16-5-7-17(8-6-16)9-10-21-11-13-22(24-21,14-12-21)20(25)18-3-2-4-19(23)15-18/h2-8,15,24H,11-14H2,1H3. The van der Waals surface area contributed by atoms with Gasteiger partial charge in [0.25, 0.3) is 0 Å². The molecule has 2 fully saturated rings. The Morgan fingerprint density at radius 3 is 2.48 bits per heavy atom. The number of hydrogen-bond acceptors (Lipinski definition) is 2. The molecule has 2 heterocycles. The summed E-state index contributed by atoms with van der Waals surface area (Å²) in [5.41, 5.74) is 1.76. The first-order valence-corrected chi connectivity index (χ1v) is 8.70. The average molecular weight is 333 g/mol. The van der Waals surface area contributed by atoms with Crippen molar-refractivity contribution in [2.75, 3.05) is 0 Å². The van der Waals surface area contributed by atoms with E-state index in [4.69, 9.17) is 0 Å². The molecule has 0 radical (unpaired) electrons. The Bertz CT molecular complexity index is 880. The highest BCUT2D eigenvalue weighted by atomic mass is 19.1. The number of fused-ring (bicyclic) bond motifs is 2. The Balaban J connectivity index is 1.57. The largest absolute Gasteiger partial charge is 0.292 e. The number of ketones is 1. The number of nitrogens with one attached hydrogen (secondary N) is 1. The Kier molecular flexibility index (Phi) is 3.74. The van der Waals surface area contributed by atoms with E-state index in [1.807, 2.05) is 12.1 Å². The summed E-state index contributed by atoms with van der Waals surface area (Å²) in [6.07, 6.45) is 3.22. The molecular formula is C22H20FNO. The van der Waals surface area contributed by atoms with E-state index in [0.29, 0.717) is 5.56 Å². The van der Waals surface area contributed by atoms with Crippen LogP contribution in [0.2, 0.25) is 0 Å². The molecule has 4 rings (SSSR count). The molecular weight excluding hydrogens is 313 g/mol. The Morgan fingerprint density at radius 2 is 1.80 bits per heavy atom. The summed E-state index contributed by atoms with van der Waals surface area (Å²) in [5, 5.41) is 3.51. The van der Waals surface area contributed by atoms with Crippen LogP contribution in [0, 0.1) is 24.6 Å². The molecule has 2 aromatic rings. The van der Waals surface area contributed by atoms with Gasteiger partial charge in [-0.2, -0.15) is 0 Å². The molecule has 2 aromatic carbocycles. The second-order valence-corrected chi connectivity index (χ2v) is 7.24. The van der Waals surface area contributed by atoms with E-state index >= 15 is 0 Å². The van der Waals surface area contributed by atoms with E-state index in [9.17, 15) is 9.18 Å². The fraction of sp³-hybridized carbons (Fsp3) is 0.318. The third-order valence-electron chi connectivity index (χ3n) is 5.45. The zero-order valence-corrected chi connectivity index (χ0v) is 14.2. The number of hydrogen-bond donors (Lipinski definition) is 1. The number of aryl methyl sites for hydroxylation is 1. The number of rotatable bonds is 2. The summed E-state index contributed by atoms with van der Waals surface area (Å²) in [6, 6.07) is 14.1. The molecule has 25 heavy (non-hydrogen) atoms. The lowest BCUT2D eigenvalue weighted by Gasteiger charge is -2.24. The molecule has 0 spiro atoms. The molecule has 0 amide bonds. The normalized spacial score (nSPS) is 27.0. The van der Waals surface area contributed by atoms with Crippen LogP contribution in [0.3, 0.4) is 0 Å². The van der Waals surface area contributed by atoms with Crippen LogP contribution in [0.1, 0.15) is 47.2 Å². The van der Waals surface area contributed by atoms with Crippen LogP contribution in [0.15, 0.2) is 48.5 Å². The molecule has 2 aliphatic heterocycles. The first-order chi connectivity index (χ1) is 12.0. The minimum Gasteiger partial charge on any atom is -0.292 e. The van der Waals surface area contributed by atoms with Crippen LogP contribution in [0.4, 0.5) is 4.39 Å². The lowest BCUT2D eigenvalue weighted by molar-refractivity contribution is 0.0873. The molecule has 2 saturated heterocycles. The molecule has 2 nitrogen and oxygen atoms in total. The molecule has 0 unspecified atom stereocenters. The fourth-order valence-electron chi connectivity index (χ4n) is 3.99. The lowest BCUT2D eigenvalue weighted by Crippen LogP contribution is -2.47. The van der Waals surface area contributed by atoms with Gasteiger partial charge in [-0.15, -0.1) is 0 Å². The molecule has 0 saturated carbocycles. The quantitative estimate of drug-likeness (QED) is 0.664. The number of benzene rings is 2. The summed E-state index contributed by atoms with van der Waals surface area (Å²) >= 11 is 0. The summed E-state index contributed by atoms with van der Waals surface area (Å²) in [6.45, 7) is 2.05. The van der Waals surface area contributed by atoms with E-state index in [1.54, 1.807) is 12.1 Å². The Labute approximate surface area is 147 Å². The van der Waals surface area contributed by atoms with Crippen molar-refractivity contribution in [3.8, 4) is 11.8 Å². The van der Waals surface area contributed by atoms with Crippen LogP contribution < -0.4 is 5.32 Å². The molecule has 0 aliphatic carbocycles. The third-order valence-corrected chi connectivity index (χ3v) is 5.45. The molecule has 2 bridgehead atoms. The minimum atomic E-state index is -0.588. The molecule has 2 aliphatic rings. The van der Waals surface area contributed by atoms with Crippen molar-refractivity contribution in [2.45, 2.75) is 43.7 Å². The van der Waals surface area contributed by atoms with Crippen LogP contribution >= 0.6 is 0 Å². The van der Waals surface area contributed by atoms with Gasteiger partial charge in [0.05, 0.1) is 11.1 Å². The number of Topliss-reactive ketones (excluding diaryl/α,β-unsaturated/α-hetero) is 1. The van der Waals surface area contributed by atoms with Crippen molar-refractivity contribution in [3.05, 3.63) is 71.0 Å². The van der Waals surface area contributed by atoms with E-state index in [2.05, 4.69) is 36.2 Å². The SMILES string of the molecule is Cc1ccc(C#CC23CCC(C(=O)c4cccc(F)c4)(CC2)N3)cc1. The first kappa shape index (κ1) is 16.1. The predicted molar refractivity (Wildman–Crippen MR) is 95.9 cm³/mol. The summed E-state index contributed by atoms with van der Waals surface area (Å²) in [5.74, 6) is 6.25. The minimum absolute atomic E-state index is 0.0106. The van der Waals surface area contributed by atoms with Gasteiger partial charge in [-0.3, -0.25) is 10.1 Å². The highest BCUT2D eigenvalue weighted by Crippen LogP contribution is 2.46. The molecule has 126 valence electrons. The van der Waals surface area contributed by atoms with Crippen molar-refractivity contribution >= 4 is 5.78 Å². The van der Waals surface area contributed by atoms with Gasteiger partial charge in [-0.1, -0.05) is 41.7 Å². The van der Waals surface area contributed by atoms with E-state index < -0.39 is 5.54 Å². The second-order valence-electron chi connectivity index (χ2n) is 7.24. The predicted octanol–water partition coefficient (Wildman–Crippen LogP) is 4.02. The maximum Gasteiger partial charge on any atom is 0.182 e. The molecule has 0 aromatic heterocycles. The highest BCUT2D eigenvalue weighted by Gasteiger charge is 2.56. The highest BCUT2D eigenvalue weighted by molar-refractivity contribution is 6.04. The van der Waals surface area contributed by atoms with Crippen LogP contribution in [-0.4, -0.2) is 16.9 Å². The molecule has 0 atom stereocenters. The number of carbonyl (C=O) groups excluding carboxylic acids is 1. The Morgan fingerprint density at radius 1 is 1.08 bits per heavy atom. The van der Waals surface area contributed by atoms with Crippen molar-refractivity contribution in [1.82, 2.24) is 5.32 Å². The van der Waals surface area contributed by atoms with Crippen molar-refractivity contribution in [2.24, 2.45) is 0 Å². The lowest BCUT2D eigenvalue weighted by atomic mass is 9.78.